The van der Waals surface area contributed by atoms with E-state index < -0.39 is 6.10 Å². The van der Waals surface area contributed by atoms with Gasteiger partial charge in [0.05, 0.1) is 5.02 Å². The Morgan fingerprint density at radius 1 is 1.29 bits per heavy atom. The molecule has 1 amide bonds. The van der Waals surface area contributed by atoms with Crippen LogP contribution in [0.25, 0.3) is 0 Å². The number of aldehydes is 1. The Bertz CT molecular complexity index is 510. The van der Waals surface area contributed by atoms with Crippen molar-refractivity contribution in [1.29, 1.82) is 0 Å². The molecule has 21 heavy (non-hydrogen) atoms. The summed E-state index contributed by atoms with van der Waals surface area (Å²) in [5.41, 5.74) is 0.485. The summed E-state index contributed by atoms with van der Waals surface area (Å²) in [5, 5.41) is 0.343. The van der Waals surface area contributed by atoms with Gasteiger partial charge in [-0.25, -0.2) is 0 Å². The molecule has 0 aromatic heterocycles. The molecule has 1 aromatic carbocycles. The highest BCUT2D eigenvalue weighted by atomic mass is 35.5. The van der Waals surface area contributed by atoms with E-state index in [4.69, 9.17) is 16.3 Å². The summed E-state index contributed by atoms with van der Waals surface area (Å²) >= 11 is 6.06. The molecule has 0 saturated carbocycles. The second-order valence-electron chi connectivity index (χ2n) is 5.31. The lowest BCUT2D eigenvalue weighted by Crippen LogP contribution is -2.41. The van der Waals surface area contributed by atoms with Crippen LogP contribution < -0.4 is 4.74 Å². The van der Waals surface area contributed by atoms with Crippen LogP contribution in [0.2, 0.25) is 5.02 Å². The van der Waals surface area contributed by atoms with Gasteiger partial charge >= 0.3 is 0 Å². The van der Waals surface area contributed by atoms with Gasteiger partial charge in [0.2, 0.25) is 0 Å². The Balaban J connectivity index is 2.01. The predicted molar refractivity (Wildman–Crippen MR) is 82.0 cm³/mol. The summed E-state index contributed by atoms with van der Waals surface area (Å²) in [6.45, 7) is 3.33. The molecule has 0 N–H and O–H groups in total. The van der Waals surface area contributed by atoms with E-state index in [1.54, 1.807) is 19.1 Å². The third-order valence-electron chi connectivity index (χ3n) is 3.66. The van der Waals surface area contributed by atoms with E-state index in [0.717, 1.165) is 32.2 Å². The molecule has 5 heteroatoms. The lowest BCUT2D eigenvalue weighted by atomic mass is 10.2. The maximum Gasteiger partial charge on any atom is 0.263 e. The van der Waals surface area contributed by atoms with Crippen LogP contribution in [0.1, 0.15) is 43.0 Å². The van der Waals surface area contributed by atoms with Crippen molar-refractivity contribution in [2.75, 3.05) is 13.1 Å². The largest absolute Gasteiger partial charge is 0.479 e. The van der Waals surface area contributed by atoms with Crippen molar-refractivity contribution in [3.63, 3.8) is 0 Å². The monoisotopic (exact) mass is 309 g/mol. The van der Waals surface area contributed by atoms with Crippen LogP contribution in [0.5, 0.6) is 5.75 Å². The highest BCUT2D eigenvalue weighted by molar-refractivity contribution is 6.32. The van der Waals surface area contributed by atoms with Gasteiger partial charge in [0.15, 0.2) is 6.10 Å². The van der Waals surface area contributed by atoms with Gasteiger partial charge in [-0.05, 0) is 38.0 Å². The highest BCUT2D eigenvalue weighted by Crippen LogP contribution is 2.26. The van der Waals surface area contributed by atoms with Gasteiger partial charge in [-0.1, -0.05) is 24.4 Å². The fourth-order valence-corrected chi connectivity index (χ4v) is 2.71. The number of carbonyl (C=O) groups excluding carboxylic acids is 2. The number of halogens is 1. The molecule has 114 valence electrons. The number of ether oxygens (including phenoxy) is 1. The molecule has 1 aromatic rings. The third kappa shape index (κ3) is 4.21. The van der Waals surface area contributed by atoms with Crippen LogP contribution >= 0.6 is 11.6 Å². The van der Waals surface area contributed by atoms with Gasteiger partial charge in [-0.15, -0.1) is 0 Å². The molecule has 0 bridgehead atoms. The molecular formula is C16H20ClNO3. The second kappa shape index (κ2) is 7.46. The molecule has 0 radical (unpaired) electrons. The molecule has 0 spiro atoms. The molecule has 1 saturated heterocycles. The van der Waals surface area contributed by atoms with Crippen LogP contribution in [-0.4, -0.2) is 36.3 Å². The Morgan fingerprint density at radius 3 is 2.52 bits per heavy atom. The number of rotatable bonds is 4. The van der Waals surface area contributed by atoms with E-state index in [9.17, 15) is 9.59 Å². The van der Waals surface area contributed by atoms with E-state index in [0.29, 0.717) is 16.3 Å². The Labute approximate surface area is 130 Å². The van der Waals surface area contributed by atoms with Crippen LogP contribution in [0.15, 0.2) is 18.2 Å². The molecule has 1 heterocycles. The van der Waals surface area contributed by atoms with Gasteiger partial charge < -0.3 is 9.64 Å². The van der Waals surface area contributed by atoms with Gasteiger partial charge in [-0.2, -0.15) is 0 Å². The van der Waals surface area contributed by atoms with Gasteiger partial charge in [0, 0.05) is 18.7 Å². The van der Waals surface area contributed by atoms with E-state index in [2.05, 4.69) is 0 Å². The molecular weight excluding hydrogens is 290 g/mol. The van der Waals surface area contributed by atoms with Gasteiger partial charge in [-0.3, -0.25) is 9.59 Å². The summed E-state index contributed by atoms with van der Waals surface area (Å²) in [6, 6.07) is 4.78. The fraction of sp³-hybridized carbons (Fsp3) is 0.500. The summed E-state index contributed by atoms with van der Waals surface area (Å²) in [4.78, 5) is 24.9. The molecule has 1 unspecified atom stereocenters. The minimum Gasteiger partial charge on any atom is -0.479 e. The highest BCUT2D eigenvalue weighted by Gasteiger charge is 2.23. The first-order chi connectivity index (χ1) is 10.1. The predicted octanol–water partition coefficient (Wildman–Crippen LogP) is 3.32. The van der Waals surface area contributed by atoms with E-state index >= 15 is 0 Å². The molecule has 1 aliphatic heterocycles. The Hall–Kier alpha value is -1.55. The standard InChI is InChI=1S/C16H20ClNO3/c1-12(16(20)18-8-4-2-3-5-9-18)21-15-7-6-13(11-19)10-14(15)17/h6-7,10-12H,2-5,8-9H2,1H3. The number of nitrogens with zero attached hydrogens (tertiary/aromatic N) is 1. The fourth-order valence-electron chi connectivity index (χ4n) is 2.48. The van der Waals surface area contributed by atoms with Crippen molar-refractivity contribution in [3.05, 3.63) is 28.8 Å². The number of benzene rings is 1. The van der Waals surface area contributed by atoms with Crippen molar-refractivity contribution in [1.82, 2.24) is 4.90 Å². The average molecular weight is 310 g/mol. The lowest BCUT2D eigenvalue weighted by molar-refractivity contribution is -0.137. The smallest absolute Gasteiger partial charge is 0.263 e. The zero-order chi connectivity index (χ0) is 15.2. The first kappa shape index (κ1) is 15.8. The molecule has 1 aliphatic rings. The minimum absolute atomic E-state index is 0.00701. The molecule has 0 aliphatic carbocycles. The lowest BCUT2D eigenvalue weighted by Gasteiger charge is -2.24. The zero-order valence-electron chi connectivity index (χ0n) is 12.2. The number of hydrogen-bond donors (Lipinski definition) is 0. The van der Waals surface area contributed by atoms with Crippen molar-refractivity contribution in [2.24, 2.45) is 0 Å². The second-order valence-corrected chi connectivity index (χ2v) is 5.71. The van der Waals surface area contributed by atoms with Gasteiger partial charge in [0.1, 0.15) is 12.0 Å². The van der Waals surface area contributed by atoms with Crippen LogP contribution in [-0.2, 0) is 4.79 Å². The maximum absolute atomic E-state index is 12.4. The minimum atomic E-state index is -0.581. The quantitative estimate of drug-likeness (QED) is 0.802. The Morgan fingerprint density at radius 2 is 1.95 bits per heavy atom. The summed E-state index contributed by atoms with van der Waals surface area (Å²) < 4.78 is 5.66. The first-order valence-electron chi connectivity index (χ1n) is 7.32. The molecule has 4 nitrogen and oxygen atoms in total. The number of carbonyl (C=O) groups is 2. The normalized spacial score (nSPS) is 17.0. The molecule has 1 atom stereocenters. The van der Waals surface area contributed by atoms with Crippen molar-refractivity contribution in [2.45, 2.75) is 38.7 Å². The van der Waals surface area contributed by atoms with E-state index in [1.807, 2.05) is 4.90 Å². The topological polar surface area (TPSA) is 46.6 Å². The van der Waals surface area contributed by atoms with Crippen molar-refractivity contribution >= 4 is 23.8 Å². The summed E-state index contributed by atoms with van der Waals surface area (Å²) in [7, 11) is 0. The zero-order valence-corrected chi connectivity index (χ0v) is 12.9. The first-order valence-corrected chi connectivity index (χ1v) is 7.70. The SMILES string of the molecule is CC(Oc1ccc(C=O)cc1Cl)C(=O)N1CCCCCC1. The average Bonchev–Trinajstić information content (AvgIpc) is 2.77. The van der Waals surface area contributed by atoms with Crippen molar-refractivity contribution < 1.29 is 14.3 Å². The molecule has 2 rings (SSSR count). The Kier molecular flexibility index (Phi) is 5.62. The van der Waals surface area contributed by atoms with Crippen LogP contribution in [0.3, 0.4) is 0 Å². The van der Waals surface area contributed by atoms with E-state index in [-0.39, 0.29) is 5.91 Å². The molecule has 1 fully saturated rings. The van der Waals surface area contributed by atoms with Gasteiger partial charge in [0.25, 0.3) is 5.91 Å². The summed E-state index contributed by atoms with van der Waals surface area (Å²) in [5.74, 6) is 0.422. The number of amides is 1. The van der Waals surface area contributed by atoms with Crippen LogP contribution in [0, 0.1) is 0 Å². The van der Waals surface area contributed by atoms with E-state index in [1.165, 1.54) is 18.9 Å². The number of hydrogen-bond acceptors (Lipinski definition) is 3. The van der Waals surface area contributed by atoms with Crippen LogP contribution in [0.4, 0.5) is 0 Å². The summed E-state index contributed by atoms with van der Waals surface area (Å²) in [6.07, 6.45) is 4.60. The number of likely N-dealkylation sites (tertiary alicyclic amines) is 1. The third-order valence-corrected chi connectivity index (χ3v) is 3.96. The maximum atomic E-state index is 12.4. The van der Waals surface area contributed by atoms with Crippen molar-refractivity contribution in [3.8, 4) is 5.75 Å².